The summed E-state index contributed by atoms with van der Waals surface area (Å²) in [5.41, 5.74) is 1.73. The molecule has 0 aliphatic carbocycles. The van der Waals surface area contributed by atoms with Gasteiger partial charge in [-0.15, -0.1) is 10.2 Å². The standard InChI is InChI=1S/C27H20Cl2N4O4S2/c1-2-37-19-9-6-15(7-10-19)23(34)21-22(16-4-3-11-30-13-16)33(25(36)24(21)35)26-31-32-27(39-26)38-14-17-5-8-18(28)12-20(17)29/h3-13,22,34H,2,14H2,1H3/b23-21-. The zero-order valence-corrected chi connectivity index (χ0v) is 23.5. The molecule has 5 rings (SSSR count). The van der Waals surface area contributed by atoms with Crippen LogP contribution in [0.4, 0.5) is 5.13 Å². The summed E-state index contributed by atoms with van der Waals surface area (Å²) in [5, 5.41) is 21.0. The van der Waals surface area contributed by atoms with Gasteiger partial charge >= 0.3 is 5.91 Å². The number of halogens is 2. The highest BCUT2D eigenvalue weighted by Crippen LogP contribution is 2.44. The molecule has 0 bridgehead atoms. The van der Waals surface area contributed by atoms with Gasteiger partial charge in [-0.05, 0) is 60.5 Å². The minimum absolute atomic E-state index is 0.0606. The maximum atomic E-state index is 13.3. The normalized spacial score (nSPS) is 16.6. The van der Waals surface area contributed by atoms with Crippen LogP contribution in [0, 0.1) is 0 Å². The second-order valence-corrected chi connectivity index (χ2v) is 11.3. The Morgan fingerprint density at radius 2 is 1.92 bits per heavy atom. The van der Waals surface area contributed by atoms with Gasteiger partial charge in [0.05, 0.1) is 18.2 Å². The number of aromatic nitrogens is 3. The van der Waals surface area contributed by atoms with Crippen LogP contribution in [0.5, 0.6) is 5.75 Å². The number of ether oxygens (including phenoxy) is 1. The summed E-state index contributed by atoms with van der Waals surface area (Å²) < 4.78 is 6.05. The monoisotopic (exact) mass is 598 g/mol. The average molecular weight is 600 g/mol. The molecule has 1 fully saturated rings. The quantitative estimate of drug-likeness (QED) is 0.0799. The lowest BCUT2D eigenvalue weighted by molar-refractivity contribution is -0.132. The second kappa shape index (κ2) is 11.7. The molecule has 1 atom stereocenters. The van der Waals surface area contributed by atoms with E-state index < -0.39 is 17.7 Å². The van der Waals surface area contributed by atoms with Crippen molar-refractivity contribution in [1.82, 2.24) is 15.2 Å². The van der Waals surface area contributed by atoms with Crippen LogP contribution >= 0.6 is 46.3 Å². The Morgan fingerprint density at radius 3 is 2.62 bits per heavy atom. The summed E-state index contributed by atoms with van der Waals surface area (Å²) in [6.07, 6.45) is 3.14. The Hall–Kier alpha value is -3.44. The number of nitrogens with zero attached hydrogens (tertiary/aromatic N) is 4. The van der Waals surface area contributed by atoms with Crippen molar-refractivity contribution < 1.29 is 19.4 Å². The summed E-state index contributed by atoms with van der Waals surface area (Å²) in [6, 6.07) is 14.4. The van der Waals surface area contributed by atoms with Crippen molar-refractivity contribution in [1.29, 1.82) is 0 Å². The minimum atomic E-state index is -0.943. The molecule has 0 radical (unpaired) electrons. The molecule has 1 amide bonds. The van der Waals surface area contributed by atoms with E-state index in [4.69, 9.17) is 27.9 Å². The predicted molar refractivity (Wildman–Crippen MR) is 153 cm³/mol. The van der Waals surface area contributed by atoms with Crippen molar-refractivity contribution in [3.63, 3.8) is 0 Å². The zero-order chi connectivity index (χ0) is 27.5. The van der Waals surface area contributed by atoms with Crippen molar-refractivity contribution in [2.45, 2.75) is 23.1 Å². The maximum Gasteiger partial charge on any atom is 0.301 e. The van der Waals surface area contributed by atoms with E-state index in [0.29, 0.717) is 43.6 Å². The third kappa shape index (κ3) is 5.65. The lowest BCUT2D eigenvalue weighted by Gasteiger charge is -2.22. The summed E-state index contributed by atoms with van der Waals surface area (Å²) in [7, 11) is 0. The number of aliphatic hydroxyl groups excluding tert-OH is 1. The van der Waals surface area contributed by atoms with Crippen molar-refractivity contribution in [2.75, 3.05) is 11.5 Å². The van der Waals surface area contributed by atoms with Crippen LogP contribution in [-0.4, -0.2) is 38.6 Å². The summed E-state index contributed by atoms with van der Waals surface area (Å²) in [6.45, 7) is 2.36. The number of hydrogen-bond acceptors (Lipinski definition) is 9. The predicted octanol–water partition coefficient (Wildman–Crippen LogP) is 6.56. The number of thioether (sulfide) groups is 1. The van der Waals surface area contributed by atoms with Gasteiger partial charge in [0.25, 0.3) is 5.78 Å². The Morgan fingerprint density at radius 1 is 1.13 bits per heavy atom. The van der Waals surface area contributed by atoms with Gasteiger partial charge in [-0.2, -0.15) is 0 Å². The molecule has 1 N–H and O–H groups in total. The highest BCUT2D eigenvalue weighted by molar-refractivity contribution is 8.00. The van der Waals surface area contributed by atoms with E-state index in [0.717, 1.165) is 16.9 Å². The summed E-state index contributed by atoms with van der Waals surface area (Å²) >= 11 is 14.8. The smallest absolute Gasteiger partial charge is 0.301 e. The number of anilines is 1. The van der Waals surface area contributed by atoms with Gasteiger partial charge in [0.15, 0.2) is 4.34 Å². The average Bonchev–Trinajstić information content (AvgIpc) is 3.51. The van der Waals surface area contributed by atoms with Crippen molar-refractivity contribution in [3.05, 3.63) is 99.3 Å². The van der Waals surface area contributed by atoms with Crippen LogP contribution in [0.25, 0.3) is 5.76 Å². The number of hydrogen-bond donors (Lipinski definition) is 1. The second-order valence-electron chi connectivity index (χ2n) is 8.29. The Balaban J connectivity index is 1.50. The van der Waals surface area contributed by atoms with Gasteiger partial charge in [0.1, 0.15) is 11.5 Å². The molecular weight excluding hydrogens is 579 g/mol. The van der Waals surface area contributed by atoms with Crippen LogP contribution in [0.15, 0.2) is 76.9 Å². The summed E-state index contributed by atoms with van der Waals surface area (Å²) in [5.74, 6) is -0.813. The topological polar surface area (TPSA) is 106 Å². The lowest BCUT2D eigenvalue weighted by Crippen LogP contribution is -2.29. The highest BCUT2D eigenvalue weighted by atomic mass is 35.5. The molecule has 39 heavy (non-hydrogen) atoms. The fourth-order valence-electron chi connectivity index (χ4n) is 4.05. The fraction of sp³-hybridized carbons (Fsp3) is 0.148. The van der Waals surface area contributed by atoms with E-state index in [9.17, 15) is 14.7 Å². The number of rotatable bonds is 8. The molecule has 198 valence electrons. The molecule has 12 heteroatoms. The molecule has 1 aliphatic rings. The molecule has 4 aromatic rings. The Labute approximate surface area is 242 Å². The number of amides is 1. The molecule has 0 spiro atoms. The number of pyridine rings is 1. The fourth-order valence-corrected chi connectivity index (χ4v) is 6.48. The van der Waals surface area contributed by atoms with E-state index in [1.165, 1.54) is 16.7 Å². The SMILES string of the molecule is CCOc1ccc(/C(O)=C2/C(=O)C(=O)N(c3nnc(SCc4ccc(Cl)cc4Cl)s3)C2c2cccnc2)cc1. The number of carbonyl (C=O) groups is 2. The zero-order valence-electron chi connectivity index (χ0n) is 20.4. The van der Waals surface area contributed by atoms with Gasteiger partial charge < -0.3 is 9.84 Å². The largest absolute Gasteiger partial charge is 0.507 e. The first kappa shape index (κ1) is 27.1. The first-order chi connectivity index (χ1) is 18.9. The maximum absolute atomic E-state index is 13.3. The Bertz CT molecular complexity index is 1560. The number of carbonyl (C=O) groups excluding carboxylic acids is 2. The molecule has 1 aliphatic heterocycles. The molecule has 2 aromatic carbocycles. The van der Waals surface area contributed by atoms with Crippen LogP contribution in [0.3, 0.4) is 0 Å². The lowest BCUT2D eigenvalue weighted by atomic mass is 9.96. The van der Waals surface area contributed by atoms with Gasteiger partial charge in [0.2, 0.25) is 5.13 Å². The molecule has 8 nitrogen and oxygen atoms in total. The van der Waals surface area contributed by atoms with Gasteiger partial charge in [-0.1, -0.05) is 58.4 Å². The third-order valence-electron chi connectivity index (χ3n) is 5.85. The van der Waals surface area contributed by atoms with Crippen LogP contribution in [0.1, 0.15) is 29.7 Å². The number of aliphatic hydroxyl groups is 1. The number of ketones is 1. The van der Waals surface area contributed by atoms with E-state index in [1.807, 2.05) is 13.0 Å². The van der Waals surface area contributed by atoms with E-state index in [-0.39, 0.29) is 16.5 Å². The van der Waals surface area contributed by atoms with Crippen LogP contribution in [-0.2, 0) is 15.3 Å². The number of benzene rings is 2. The van der Waals surface area contributed by atoms with E-state index >= 15 is 0 Å². The summed E-state index contributed by atoms with van der Waals surface area (Å²) in [4.78, 5) is 32.1. The van der Waals surface area contributed by atoms with Crippen LogP contribution < -0.4 is 9.64 Å². The van der Waals surface area contributed by atoms with Crippen molar-refractivity contribution in [2.24, 2.45) is 0 Å². The van der Waals surface area contributed by atoms with E-state index in [1.54, 1.807) is 60.9 Å². The Kier molecular flexibility index (Phi) is 8.18. The molecule has 1 unspecified atom stereocenters. The van der Waals surface area contributed by atoms with Gasteiger partial charge in [0, 0.05) is 33.8 Å². The molecular formula is C27H20Cl2N4O4S2. The van der Waals surface area contributed by atoms with Crippen molar-refractivity contribution in [3.8, 4) is 5.75 Å². The molecule has 1 saturated heterocycles. The van der Waals surface area contributed by atoms with Crippen LogP contribution in [0.2, 0.25) is 10.0 Å². The van der Waals surface area contributed by atoms with E-state index in [2.05, 4.69) is 15.2 Å². The highest BCUT2D eigenvalue weighted by Gasteiger charge is 2.48. The first-order valence-corrected chi connectivity index (χ1v) is 14.3. The molecule has 3 heterocycles. The van der Waals surface area contributed by atoms with Gasteiger partial charge in [-0.25, -0.2) is 0 Å². The minimum Gasteiger partial charge on any atom is -0.507 e. The third-order valence-corrected chi connectivity index (χ3v) is 8.54. The number of Topliss-reactive ketones (excluding diaryl/α,β-unsaturated/α-hetero) is 1. The molecule has 2 aromatic heterocycles. The first-order valence-electron chi connectivity index (χ1n) is 11.7. The molecule has 0 saturated carbocycles. The van der Waals surface area contributed by atoms with Crippen molar-refractivity contribution >= 4 is 68.9 Å². The van der Waals surface area contributed by atoms with Gasteiger partial charge in [-0.3, -0.25) is 19.5 Å².